The Bertz CT molecular complexity index is 973. The quantitative estimate of drug-likeness (QED) is 0.588. The fourth-order valence-electron chi connectivity index (χ4n) is 3.46. The number of rotatable bonds is 3. The van der Waals surface area contributed by atoms with Crippen molar-refractivity contribution in [1.82, 2.24) is 9.88 Å². The highest BCUT2D eigenvalue weighted by molar-refractivity contribution is 7.99. The molecule has 1 unspecified atom stereocenters. The van der Waals surface area contributed by atoms with Crippen LogP contribution in [0.15, 0.2) is 60.8 Å². The third-order valence-electron chi connectivity index (χ3n) is 4.97. The number of nitrogens with zero attached hydrogens (tertiary/aromatic N) is 1. The Morgan fingerprint density at radius 3 is 2.68 bits per heavy atom. The Morgan fingerprint density at radius 2 is 1.89 bits per heavy atom. The van der Waals surface area contributed by atoms with Crippen LogP contribution in [0, 0.1) is 5.82 Å². The first-order chi connectivity index (χ1) is 13.6. The van der Waals surface area contributed by atoms with Crippen LogP contribution in [0.2, 0.25) is 5.02 Å². The van der Waals surface area contributed by atoms with Crippen LogP contribution in [0.25, 0.3) is 11.1 Å². The molecule has 0 bridgehead atoms. The molecule has 1 aliphatic heterocycles. The van der Waals surface area contributed by atoms with E-state index in [1.165, 1.54) is 12.1 Å². The number of halogens is 2. The molecule has 1 N–H and O–H groups in total. The molecule has 3 aromatic rings. The van der Waals surface area contributed by atoms with Gasteiger partial charge in [0.15, 0.2) is 0 Å². The second-order valence-electron chi connectivity index (χ2n) is 6.77. The maximum absolute atomic E-state index is 13.1. The molecule has 1 atom stereocenters. The number of nitrogens with one attached hydrogen (secondary N) is 1. The van der Waals surface area contributed by atoms with Crippen LogP contribution in [0.4, 0.5) is 4.39 Å². The van der Waals surface area contributed by atoms with E-state index in [-0.39, 0.29) is 11.7 Å². The second kappa shape index (κ2) is 8.41. The summed E-state index contributed by atoms with van der Waals surface area (Å²) < 4.78 is 13.1. The standard InChI is InChI=1S/C22H20ClFN2OS/c23-19-4-2-1-3-18(19)21-9-10-26(11-12-28-21)22(27)20-13-16(14-25-20)15-5-7-17(24)8-6-15/h1-8,13-14,21,25H,9-12H2. The summed E-state index contributed by atoms with van der Waals surface area (Å²) in [5.41, 5.74) is 3.45. The molecule has 2 aromatic carbocycles. The minimum Gasteiger partial charge on any atom is -0.357 e. The fraction of sp³-hybridized carbons (Fsp3) is 0.227. The van der Waals surface area contributed by atoms with Crippen LogP contribution < -0.4 is 0 Å². The highest BCUT2D eigenvalue weighted by Crippen LogP contribution is 2.38. The van der Waals surface area contributed by atoms with Crippen molar-refractivity contribution in [1.29, 1.82) is 0 Å². The summed E-state index contributed by atoms with van der Waals surface area (Å²) in [5.74, 6) is 0.590. The number of thioether (sulfide) groups is 1. The molecule has 3 nitrogen and oxygen atoms in total. The van der Waals surface area contributed by atoms with Gasteiger partial charge in [-0.2, -0.15) is 11.8 Å². The molecule has 1 aliphatic rings. The molecule has 0 spiro atoms. The van der Waals surface area contributed by atoms with Gasteiger partial charge in [-0.1, -0.05) is 41.9 Å². The average Bonchev–Trinajstić information content (AvgIpc) is 3.07. The lowest BCUT2D eigenvalue weighted by atomic mass is 10.1. The van der Waals surface area contributed by atoms with Crippen molar-refractivity contribution < 1.29 is 9.18 Å². The van der Waals surface area contributed by atoms with Crippen LogP contribution in [-0.4, -0.2) is 34.6 Å². The largest absolute Gasteiger partial charge is 0.357 e. The molecule has 1 saturated heterocycles. The number of hydrogen-bond donors (Lipinski definition) is 1. The van der Waals surface area contributed by atoms with Crippen molar-refractivity contribution in [3.05, 3.63) is 82.9 Å². The number of aromatic amines is 1. The lowest BCUT2D eigenvalue weighted by Gasteiger charge is -2.19. The van der Waals surface area contributed by atoms with Gasteiger partial charge in [-0.15, -0.1) is 0 Å². The molecule has 0 saturated carbocycles. The molecular formula is C22H20ClFN2OS. The van der Waals surface area contributed by atoms with Gasteiger partial charge < -0.3 is 9.88 Å². The number of benzene rings is 2. The first kappa shape index (κ1) is 19.1. The predicted molar refractivity (Wildman–Crippen MR) is 113 cm³/mol. The molecular weight excluding hydrogens is 395 g/mol. The molecule has 1 amide bonds. The summed E-state index contributed by atoms with van der Waals surface area (Å²) in [6, 6.07) is 16.0. The first-order valence-corrected chi connectivity index (χ1v) is 10.6. The van der Waals surface area contributed by atoms with Crippen molar-refractivity contribution >= 4 is 29.3 Å². The molecule has 2 heterocycles. The van der Waals surface area contributed by atoms with Crippen LogP contribution in [-0.2, 0) is 0 Å². The maximum atomic E-state index is 13.1. The monoisotopic (exact) mass is 414 g/mol. The van der Waals surface area contributed by atoms with Gasteiger partial charge in [0.25, 0.3) is 5.91 Å². The second-order valence-corrected chi connectivity index (χ2v) is 8.49. The zero-order chi connectivity index (χ0) is 19.5. The summed E-state index contributed by atoms with van der Waals surface area (Å²) in [6.45, 7) is 1.39. The maximum Gasteiger partial charge on any atom is 0.270 e. The number of aromatic nitrogens is 1. The zero-order valence-electron chi connectivity index (χ0n) is 15.2. The summed E-state index contributed by atoms with van der Waals surface area (Å²) in [6.07, 6.45) is 2.66. The summed E-state index contributed by atoms with van der Waals surface area (Å²) >= 11 is 8.20. The summed E-state index contributed by atoms with van der Waals surface area (Å²) in [7, 11) is 0. The molecule has 4 rings (SSSR count). The van der Waals surface area contributed by atoms with Crippen molar-refractivity contribution in [2.45, 2.75) is 11.7 Å². The predicted octanol–water partition coefficient (Wildman–Crippen LogP) is 5.79. The third-order valence-corrected chi connectivity index (χ3v) is 6.63. The molecule has 0 radical (unpaired) electrons. The normalized spacial score (nSPS) is 17.4. The van der Waals surface area contributed by atoms with E-state index >= 15 is 0 Å². The lowest BCUT2D eigenvalue weighted by Crippen LogP contribution is -2.33. The summed E-state index contributed by atoms with van der Waals surface area (Å²) in [5, 5.41) is 1.08. The fourth-order valence-corrected chi connectivity index (χ4v) is 5.05. The van der Waals surface area contributed by atoms with E-state index in [9.17, 15) is 9.18 Å². The van der Waals surface area contributed by atoms with Crippen molar-refractivity contribution in [2.75, 3.05) is 18.8 Å². The first-order valence-electron chi connectivity index (χ1n) is 9.21. The van der Waals surface area contributed by atoms with E-state index in [1.807, 2.05) is 40.9 Å². The zero-order valence-corrected chi connectivity index (χ0v) is 16.8. The number of carbonyl (C=O) groups excluding carboxylic acids is 1. The molecule has 0 aliphatic carbocycles. The Balaban J connectivity index is 1.46. The smallest absolute Gasteiger partial charge is 0.270 e. The minimum atomic E-state index is -0.272. The van der Waals surface area contributed by atoms with Gasteiger partial charge in [-0.05, 0) is 47.4 Å². The van der Waals surface area contributed by atoms with E-state index in [1.54, 1.807) is 18.3 Å². The highest BCUT2D eigenvalue weighted by atomic mass is 35.5. The van der Waals surface area contributed by atoms with Crippen LogP contribution >= 0.6 is 23.4 Å². The molecule has 6 heteroatoms. The van der Waals surface area contributed by atoms with Gasteiger partial charge in [0.05, 0.1) is 0 Å². The van der Waals surface area contributed by atoms with E-state index in [4.69, 9.17) is 11.6 Å². The van der Waals surface area contributed by atoms with Gasteiger partial charge >= 0.3 is 0 Å². The topological polar surface area (TPSA) is 36.1 Å². The molecule has 28 heavy (non-hydrogen) atoms. The van der Waals surface area contributed by atoms with Crippen LogP contribution in [0.5, 0.6) is 0 Å². The third kappa shape index (κ3) is 4.10. The van der Waals surface area contributed by atoms with E-state index in [0.29, 0.717) is 24.0 Å². The van der Waals surface area contributed by atoms with Crippen molar-refractivity contribution in [3.63, 3.8) is 0 Å². The number of carbonyl (C=O) groups is 1. The lowest BCUT2D eigenvalue weighted by molar-refractivity contribution is 0.0761. The van der Waals surface area contributed by atoms with Crippen LogP contribution in [0.1, 0.15) is 27.7 Å². The van der Waals surface area contributed by atoms with Crippen LogP contribution in [0.3, 0.4) is 0 Å². The Morgan fingerprint density at radius 1 is 1.11 bits per heavy atom. The van der Waals surface area contributed by atoms with Gasteiger partial charge in [-0.25, -0.2) is 4.39 Å². The van der Waals surface area contributed by atoms with Gasteiger partial charge in [0.2, 0.25) is 0 Å². The number of amides is 1. The number of H-pyrrole nitrogens is 1. The van der Waals surface area contributed by atoms with Gasteiger partial charge in [0.1, 0.15) is 11.5 Å². The average molecular weight is 415 g/mol. The molecule has 144 valence electrons. The van der Waals surface area contributed by atoms with Gasteiger partial charge in [0, 0.05) is 35.3 Å². The minimum absolute atomic E-state index is 0.00577. The molecule has 1 aromatic heterocycles. The van der Waals surface area contributed by atoms with E-state index < -0.39 is 0 Å². The van der Waals surface area contributed by atoms with E-state index in [0.717, 1.165) is 33.9 Å². The van der Waals surface area contributed by atoms with Gasteiger partial charge in [-0.3, -0.25) is 4.79 Å². The molecule has 1 fully saturated rings. The van der Waals surface area contributed by atoms with E-state index in [2.05, 4.69) is 11.1 Å². The number of hydrogen-bond acceptors (Lipinski definition) is 2. The summed E-state index contributed by atoms with van der Waals surface area (Å²) in [4.78, 5) is 17.9. The Labute approximate surface area is 172 Å². The highest BCUT2D eigenvalue weighted by Gasteiger charge is 2.24. The Hall–Kier alpha value is -2.24. The van der Waals surface area contributed by atoms with Crippen molar-refractivity contribution in [2.24, 2.45) is 0 Å². The Kier molecular flexibility index (Phi) is 5.74. The SMILES string of the molecule is O=C(c1cc(-c2ccc(F)cc2)c[nH]1)N1CCSC(c2ccccc2Cl)CC1. The van der Waals surface area contributed by atoms with Crippen molar-refractivity contribution in [3.8, 4) is 11.1 Å².